The van der Waals surface area contributed by atoms with Gasteiger partial charge >= 0.3 is 0 Å². The second-order valence-corrected chi connectivity index (χ2v) is 6.63. The van der Waals surface area contributed by atoms with E-state index in [2.05, 4.69) is 11.4 Å². The second kappa shape index (κ2) is 6.83. The molecule has 1 atom stereocenters. The summed E-state index contributed by atoms with van der Waals surface area (Å²) in [5.41, 5.74) is 0. The molecule has 2 aromatic rings. The second-order valence-electron chi connectivity index (χ2n) is 3.74. The average molecular weight is 318 g/mol. The quantitative estimate of drug-likeness (QED) is 0.769. The van der Waals surface area contributed by atoms with Gasteiger partial charge in [-0.15, -0.1) is 23.1 Å². The highest BCUT2D eigenvalue weighted by Gasteiger charge is 2.14. The van der Waals surface area contributed by atoms with Crippen LogP contribution < -0.4 is 5.32 Å². The summed E-state index contributed by atoms with van der Waals surface area (Å²) < 4.78 is 0. The first kappa shape index (κ1) is 14.2. The van der Waals surface area contributed by atoms with Crippen LogP contribution in [0.5, 0.6) is 0 Å². The van der Waals surface area contributed by atoms with Gasteiger partial charge in [0, 0.05) is 20.5 Å². The maximum atomic E-state index is 6.16. The maximum Gasteiger partial charge on any atom is 0.0561 e. The summed E-state index contributed by atoms with van der Waals surface area (Å²) in [4.78, 5) is 2.36. The summed E-state index contributed by atoms with van der Waals surface area (Å²) in [5.74, 6) is 0.928. The third-order valence-electron chi connectivity index (χ3n) is 2.52. The monoisotopic (exact) mass is 317 g/mol. The predicted octanol–water partition coefficient (Wildman–Crippen LogP) is 5.11. The molecule has 0 saturated carbocycles. The van der Waals surface area contributed by atoms with Crippen molar-refractivity contribution in [3.05, 3.63) is 50.6 Å². The minimum atomic E-state index is 0.265. The topological polar surface area (TPSA) is 12.0 Å². The van der Waals surface area contributed by atoms with Crippen LogP contribution in [0.3, 0.4) is 0 Å². The lowest BCUT2D eigenvalue weighted by Crippen LogP contribution is -2.17. The first-order valence-electron chi connectivity index (χ1n) is 5.49. The molecule has 2 rings (SSSR count). The first-order valence-corrected chi connectivity index (χ1v) is 8.11. The van der Waals surface area contributed by atoms with Crippen LogP contribution in [0.4, 0.5) is 0 Å². The van der Waals surface area contributed by atoms with Crippen molar-refractivity contribution in [3.63, 3.8) is 0 Å². The van der Waals surface area contributed by atoms with Gasteiger partial charge in [-0.25, -0.2) is 0 Å². The van der Waals surface area contributed by atoms with Crippen molar-refractivity contribution < 1.29 is 0 Å². The summed E-state index contributed by atoms with van der Waals surface area (Å²) >= 11 is 15.6. The highest BCUT2D eigenvalue weighted by Crippen LogP contribution is 2.32. The molecule has 0 aliphatic heterocycles. The normalized spacial score (nSPS) is 12.6. The lowest BCUT2D eigenvalue weighted by molar-refractivity contribution is 0.674. The molecule has 0 aliphatic carbocycles. The highest BCUT2D eigenvalue weighted by atomic mass is 35.5. The molecule has 0 amide bonds. The molecule has 0 spiro atoms. The molecular weight excluding hydrogens is 305 g/mol. The summed E-state index contributed by atoms with van der Waals surface area (Å²) in [6.45, 7) is 0. The lowest BCUT2D eigenvalue weighted by atomic mass is 10.3. The van der Waals surface area contributed by atoms with Gasteiger partial charge in [-0.2, -0.15) is 0 Å². The summed E-state index contributed by atoms with van der Waals surface area (Å²) in [7, 11) is 1.96. The Balaban J connectivity index is 2.02. The highest BCUT2D eigenvalue weighted by molar-refractivity contribution is 7.99. The lowest BCUT2D eigenvalue weighted by Gasteiger charge is -2.14. The summed E-state index contributed by atoms with van der Waals surface area (Å²) in [6.07, 6.45) is 0. The molecule has 0 radical (unpaired) electrons. The number of benzene rings is 1. The zero-order chi connectivity index (χ0) is 13.0. The van der Waals surface area contributed by atoms with E-state index in [-0.39, 0.29) is 6.04 Å². The molecule has 1 aromatic carbocycles. The van der Waals surface area contributed by atoms with Crippen LogP contribution in [-0.4, -0.2) is 12.8 Å². The smallest absolute Gasteiger partial charge is 0.0561 e. The number of rotatable bonds is 5. The molecule has 0 saturated heterocycles. The van der Waals surface area contributed by atoms with Crippen molar-refractivity contribution in [2.75, 3.05) is 12.8 Å². The Labute approximate surface area is 126 Å². The zero-order valence-corrected chi connectivity index (χ0v) is 13.0. The molecule has 1 nitrogen and oxygen atoms in total. The van der Waals surface area contributed by atoms with E-state index in [4.69, 9.17) is 23.2 Å². The molecule has 1 N–H and O–H groups in total. The summed E-state index contributed by atoms with van der Waals surface area (Å²) in [5, 5.41) is 6.93. The zero-order valence-electron chi connectivity index (χ0n) is 9.82. The van der Waals surface area contributed by atoms with E-state index in [0.717, 1.165) is 15.8 Å². The number of nitrogens with one attached hydrogen (secondary N) is 1. The summed E-state index contributed by atoms with van der Waals surface area (Å²) in [6, 6.07) is 10.1. The van der Waals surface area contributed by atoms with Crippen molar-refractivity contribution in [1.82, 2.24) is 5.32 Å². The van der Waals surface area contributed by atoms with E-state index in [0.29, 0.717) is 0 Å². The van der Waals surface area contributed by atoms with Crippen molar-refractivity contribution in [3.8, 4) is 0 Å². The van der Waals surface area contributed by atoms with Crippen LogP contribution in [0, 0.1) is 0 Å². The minimum absolute atomic E-state index is 0.265. The fourth-order valence-electron chi connectivity index (χ4n) is 1.58. The average Bonchev–Trinajstić information content (AvgIpc) is 2.77. The van der Waals surface area contributed by atoms with Crippen LogP contribution in [0.15, 0.2) is 40.6 Å². The Hall–Kier alpha value is -0.190. The van der Waals surface area contributed by atoms with Gasteiger partial charge in [-0.05, 0) is 36.7 Å². The van der Waals surface area contributed by atoms with Crippen molar-refractivity contribution in [2.24, 2.45) is 0 Å². The molecule has 5 heteroatoms. The molecule has 1 aromatic heterocycles. The van der Waals surface area contributed by atoms with E-state index < -0.39 is 0 Å². The van der Waals surface area contributed by atoms with E-state index in [9.17, 15) is 0 Å². The van der Waals surface area contributed by atoms with Gasteiger partial charge in [0.2, 0.25) is 0 Å². The van der Waals surface area contributed by atoms with Crippen LogP contribution in [0.1, 0.15) is 10.9 Å². The molecule has 96 valence electrons. The molecule has 18 heavy (non-hydrogen) atoms. The third kappa shape index (κ3) is 3.65. The largest absolute Gasteiger partial charge is 0.312 e. The Bertz CT molecular complexity index is 513. The van der Waals surface area contributed by atoms with Crippen molar-refractivity contribution in [2.45, 2.75) is 10.9 Å². The van der Waals surface area contributed by atoms with E-state index in [1.54, 1.807) is 23.1 Å². The first-order chi connectivity index (χ1) is 8.70. The van der Waals surface area contributed by atoms with Crippen molar-refractivity contribution >= 4 is 46.3 Å². The predicted molar refractivity (Wildman–Crippen MR) is 83.3 cm³/mol. The van der Waals surface area contributed by atoms with Gasteiger partial charge in [-0.3, -0.25) is 0 Å². The SMILES string of the molecule is CNC(CSc1cccc(Cl)c1)c1sccc1Cl. The van der Waals surface area contributed by atoms with Gasteiger partial charge in [0.15, 0.2) is 0 Å². The standard InChI is InChI=1S/C13H13Cl2NS2/c1-16-12(13-11(15)5-6-17-13)8-18-10-4-2-3-9(14)7-10/h2-7,12,16H,8H2,1H3. The Morgan fingerprint density at radius 3 is 2.78 bits per heavy atom. The van der Waals surface area contributed by atoms with E-state index in [1.807, 2.05) is 36.7 Å². The van der Waals surface area contributed by atoms with Crippen LogP contribution >= 0.6 is 46.3 Å². The third-order valence-corrected chi connectivity index (χ3v) is 5.32. The van der Waals surface area contributed by atoms with Crippen molar-refractivity contribution in [1.29, 1.82) is 0 Å². The fraction of sp³-hybridized carbons (Fsp3) is 0.231. The molecular formula is C13H13Cl2NS2. The molecule has 1 heterocycles. The van der Waals surface area contributed by atoms with Gasteiger partial charge < -0.3 is 5.32 Å². The Morgan fingerprint density at radius 2 is 2.17 bits per heavy atom. The van der Waals surface area contributed by atoms with Gasteiger partial charge in [0.25, 0.3) is 0 Å². The Kier molecular flexibility index (Phi) is 5.39. The Morgan fingerprint density at radius 1 is 1.33 bits per heavy atom. The fourth-order valence-corrected chi connectivity index (χ4v) is 4.32. The molecule has 0 bridgehead atoms. The van der Waals surface area contributed by atoms with E-state index >= 15 is 0 Å². The maximum absolute atomic E-state index is 6.16. The number of hydrogen-bond acceptors (Lipinski definition) is 3. The number of hydrogen-bond donors (Lipinski definition) is 1. The van der Waals surface area contributed by atoms with Crippen LogP contribution in [0.25, 0.3) is 0 Å². The van der Waals surface area contributed by atoms with Crippen LogP contribution in [0.2, 0.25) is 10.0 Å². The van der Waals surface area contributed by atoms with Crippen LogP contribution in [-0.2, 0) is 0 Å². The molecule has 0 aliphatic rings. The van der Waals surface area contributed by atoms with Gasteiger partial charge in [0.05, 0.1) is 11.1 Å². The van der Waals surface area contributed by atoms with E-state index in [1.165, 1.54) is 9.77 Å². The number of halogens is 2. The molecule has 1 unspecified atom stereocenters. The van der Waals surface area contributed by atoms with Gasteiger partial charge in [-0.1, -0.05) is 29.3 Å². The molecule has 0 fully saturated rings. The number of thiophene rings is 1. The van der Waals surface area contributed by atoms with Gasteiger partial charge in [0.1, 0.15) is 0 Å². The minimum Gasteiger partial charge on any atom is -0.312 e. The number of thioether (sulfide) groups is 1.